The summed E-state index contributed by atoms with van der Waals surface area (Å²) in [5.74, 6) is 2.48. The van der Waals surface area contributed by atoms with Crippen LogP contribution >= 0.6 is 0 Å². The lowest BCUT2D eigenvalue weighted by atomic mass is 9.81. The van der Waals surface area contributed by atoms with E-state index in [2.05, 4.69) is 93.5 Å². The number of hydrogen-bond donors (Lipinski definition) is 0. The molecule has 0 saturated heterocycles. The zero-order valence-electron chi connectivity index (χ0n) is 56.5. The molecule has 0 amide bonds. The molecule has 7 aromatic carbocycles. The molecule has 0 radical (unpaired) electrons. The third-order valence-electron chi connectivity index (χ3n) is 15.0. The first-order chi connectivity index (χ1) is 40.6. The fraction of sp³-hybridized carbons (Fsp3) is 0.347. The minimum absolute atomic E-state index is 0.0267. The largest absolute Gasteiger partial charge is 0.457 e. The molecule has 77 heavy (non-hydrogen) atoms. The number of unbranched alkanes of at least 4 members (excludes halogenated alkanes) is 5. The molecule has 396 valence electrons. The van der Waals surface area contributed by atoms with Crippen LogP contribution < -0.4 is 14.5 Å². The maximum atomic E-state index is 9.93. The number of ether oxygens (including phenoxy) is 1. The Balaban J connectivity index is 1.14. The van der Waals surface area contributed by atoms with Crippen LogP contribution in [-0.4, -0.2) is 16.2 Å². The van der Waals surface area contributed by atoms with Crippen LogP contribution in [0.4, 0.5) is 22.7 Å². The molecule has 0 aliphatic carbocycles. The SMILES string of the molecule is [2H]c1c([2H])c([2H])c(-c2cc(C(C)(C)C)cc(-c3c([2H])c([2H])c([2H])c(C(C)(C)C)c3[2H])c2N2CN(c3cccc(Oc4cc(CC(C)C)c5c6cc(CCCCCCCC)ccc6n(-c6cc(C(C)(C)C)ccn6)c5c4)c3)c3ccccc32)c([2H])c1[2H]. The number of aryl methyl sites for hydroxylation is 1. The van der Waals surface area contributed by atoms with Gasteiger partial charge in [-0.25, -0.2) is 4.98 Å². The molecule has 0 unspecified atom stereocenters. The summed E-state index contributed by atoms with van der Waals surface area (Å²) in [6.45, 7) is 25.3. The highest BCUT2D eigenvalue weighted by atomic mass is 16.5. The van der Waals surface area contributed by atoms with E-state index in [-0.39, 0.29) is 47.4 Å². The van der Waals surface area contributed by atoms with Gasteiger partial charge >= 0.3 is 0 Å². The maximum Gasteiger partial charge on any atom is 0.137 e. The Bertz CT molecular complexity index is 4060. The van der Waals surface area contributed by atoms with E-state index in [1.807, 2.05) is 113 Å². The van der Waals surface area contributed by atoms with Crippen LogP contribution in [0.1, 0.15) is 162 Å². The van der Waals surface area contributed by atoms with Crippen molar-refractivity contribution in [1.82, 2.24) is 9.55 Å². The molecule has 0 saturated carbocycles. The van der Waals surface area contributed by atoms with Gasteiger partial charge in [-0.3, -0.25) is 4.57 Å². The zero-order chi connectivity index (χ0) is 62.1. The molecule has 2 aromatic heterocycles. The number of fused-ring (bicyclic) bond motifs is 4. The van der Waals surface area contributed by atoms with Crippen LogP contribution in [-0.2, 0) is 29.1 Å². The van der Waals surface area contributed by atoms with Gasteiger partial charge in [-0.1, -0.05) is 194 Å². The van der Waals surface area contributed by atoms with E-state index in [1.54, 1.807) is 0 Å². The van der Waals surface area contributed by atoms with E-state index in [0.717, 1.165) is 58.7 Å². The minimum Gasteiger partial charge on any atom is -0.457 e. The quantitative estimate of drug-likeness (QED) is 0.0903. The molecule has 0 bridgehead atoms. The van der Waals surface area contributed by atoms with Crippen LogP contribution in [0.2, 0.25) is 0 Å². The van der Waals surface area contributed by atoms with Crippen molar-refractivity contribution in [3.8, 4) is 39.6 Å². The normalized spacial score (nSPS) is 14.7. The number of benzene rings is 7. The van der Waals surface area contributed by atoms with E-state index < -0.39 is 41.0 Å². The van der Waals surface area contributed by atoms with Crippen molar-refractivity contribution in [1.29, 1.82) is 0 Å². The van der Waals surface area contributed by atoms with Gasteiger partial charge in [0.15, 0.2) is 0 Å². The first-order valence-corrected chi connectivity index (χ1v) is 28.0. The number of nitrogens with zero attached hydrogens (tertiary/aromatic N) is 4. The van der Waals surface area contributed by atoms with Gasteiger partial charge in [-0.05, 0) is 147 Å². The Hall–Kier alpha value is -7.11. The molecule has 3 heterocycles. The van der Waals surface area contributed by atoms with Gasteiger partial charge in [0.1, 0.15) is 24.0 Å². The minimum atomic E-state index is -0.764. The second-order valence-electron chi connectivity index (χ2n) is 24.7. The van der Waals surface area contributed by atoms with Gasteiger partial charge in [0.05, 0.1) is 40.4 Å². The molecule has 9 aromatic rings. The van der Waals surface area contributed by atoms with E-state index in [9.17, 15) is 6.85 Å². The zero-order valence-corrected chi connectivity index (χ0v) is 47.5. The van der Waals surface area contributed by atoms with Crippen molar-refractivity contribution in [2.45, 2.75) is 151 Å². The molecular weight excluding hydrogens is 937 g/mol. The summed E-state index contributed by atoms with van der Waals surface area (Å²) in [7, 11) is 0. The predicted molar refractivity (Wildman–Crippen MR) is 330 cm³/mol. The van der Waals surface area contributed by atoms with Gasteiger partial charge in [-0.2, -0.15) is 0 Å². The summed E-state index contributed by atoms with van der Waals surface area (Å²) >= 11 is 0. The molecular formula is C72H82N4O. The highest BCUT2D eigenvalue weighted by Crippen LogP contribution is 2.52. The van der Waals surface area contributed by atoms with Crippen LogP contribution in [0.25, 0.3) is 49.9 Å². The second kappa shape index (κ2) is 21.7. The lowest BCUT2D eigenvalue weighted by Crippen LogP contribution is -2.25. The summed E-state index contributed by atoms with van der Waals surface area (Å²) in [6, 6.07) is 32.1. The Morgan fingerprint density at radius 3 is 2.00 bits per heavy atom. The van der Waals surface area contributed by atoms with Crippen molar-refractivity contribution in [3.63, 3.8) is 0 Å². The van der Waals surface area contributed by atoms with E-state index >= 15 is 0 Å². The first-order valence-electron chi connectivity index (χ1n) is 32.5. The van der Waals surface area contributed by atoms with Gasteiger partial charge < -0.3 is 14.5 Å². The molecule has 5 heteroatoms. The van der Waals surface area contributed by atoms with Gasteiger partial charge in [0, 0.05) is 45.9 Å². The number of rotatable bonds is 16. The Kier molecular flexibility index (Phi) is 12.1. The number of aromatic nitrogens is 2. The number of hydrogen-bond acceptors (Lipinski definition) is 4. The van der Waals surface area contributed by atoms with Gasteiger partial charge in [0.2, 0.25) is 0 Å². The second-order valence-corrected chi connectivity index (χ2v) is 24.7. The van der Waals surface area contributed by atoms with E-state index in [1.165, 1.54) is 59.6 Å². The Morgan fingerprint density at radius 2 is 1.29 bits per heavy atom. The van der Waals surface area contributed by atoms with Crippen LogP contribution in [0.5, 0.6) is 11.5 Å². The number of pyridine rings is 1. The third-order valence-corrected chi connectivity index (χ3v) is 15.0. The van der Waals surface area contributed by atoms with Crippen molar-refractivity contribution < 1.29 is 17.1 Å². The van der Waals surface area contributed by atoms with Crippen LogP contribution in [0, 0.1) is 5.92 Å². The monoisotopic (exact) mass is 1030 g/mol. The molecule has 1 aliphatic rings. The summed E-state index contributed by atoms with van der Waals surface area (Å²) in [4.78, 5) is 9.23. The average molecular weight is 1030 g/mol. The highest BCUT2D eigenvalue weighted by molar-refractivity contribution is 6.11. The number of para-hydroxylation sites is 2. The predicted octanol–water partition coefficient (Wildman–Crippen LogP) is 20.5. The average Bonchev–Trinajstić information content (AvgIpc) is 1.39. The summed E-state index contributed by atoms with van der Waals surface area (Å²) < 4.78 is 92.7. The molecule has 0 atom stereocenters. The maximum absolute atomic E-state index is 9.93. The van der Waals surface area contributed by atoms with Crippen molar-refractivity contribution in [2.24, 2.45) is 5.92 Å². The highest BCUT2D eigenvalue weighted by Gasteiger charge is 2.33. The van der Waals surface area contributed by atoms with Crippen molar-refractivity contribution >= 4 is 44.6 Å². The molecule has 10 rings (SSSR count). The summed E-state index contributed by atoms with van der Waals surface area (Å²) in [5.41, 5.74) is 8.93. The fourth-order valence-electron chi connectivity index (χ4n) is 10.9. The molecule has 1 aliphatic heterocycles. The Labute approximate surface area is 473 Å². The van der Waals surface area contributed by atoms with Crippen LogP contribution in [0.15, 0.2) is 164 Å². The first kappa shape index (κ1) is 42.9. The van der Waals surface area contributed by atoms with Gasteiger partial charge in [0.25, 0.3) is 0 Å². The topological polar surface area (TPSA) is 33.5 Å². The van der Waals surface area contributed by atoms with E-state index in [4.69, 9.17) is 15.2 Å². The third kappa shape index (κ3) is 11.3. The summed E-state index contributed by atoms with van der Waals surface area (Å²) in [5, 5.41) is 2.41. The summed E-state index contributed by atoms with van der Waals surface area (Å²) in [6.07, 6.45) is 11.2. The van der Waals surface area contributed by atoms with E-state index in [0.29, 0.717) is 39.8 Å². The standard InChI is InChI=1S/C72H82N4O/c1-13-14-15-16-17-19-26-50-35-36-63-62(40-50)68-53(39-49(2)3)42-59(47-66(68)76(63)67-45-55(37-38-73-67)71(7,8)9)77-58-32-25-31-57(46-58)74-48-75(65-34-23-22-33-64(65)74)69-60(51-27-20-18-21-28-51)43-56(72(10,11)12)44-61(69)52-29-24-30-54(41-52)70(4,5)6/h18,20-25,27-38,40-47,49H,13-17,19,26,39,48H2,1-12H3/i18D,20D,21D,24D,27D,28D,29D,30D,41D. The van der Waals surface area contributed by atoms with Crippen LogP contribution in [0.3, 0.4) is 0 Å². The van der Waals surface area contributed by atoms with Crippen molar-refractivity contribution in [2.75, 3.05) is 16.5 Å². The lowest BCUT2D eigenvalue weighted by Gasteiger charge is -2.30. The molecule has 0 N–H and O–H groups in total. The molecule has 5 nitrogen and oxygen atoms in total. The molecule has 0 spiro atoms. The van der Waals surface area contributed by atoms with Gasteiger partial charge in [-0.15, -0.1) is 0 Å². The number of anilines is 4. The van der Waals surface area contributed by atoms with Crippen molar-refractivity contribution in [3.05, 3.63) is 192 Å². The Morgan fingerprint density at radius 1 is 0.597 bits per heavy atom. The smallest absolute Gasteiger partial charge is 0.137 e. The molecule has 0 fully saturated rings. The fourth-order valence-corrected chi connectivity index (χ4v) is 10.9. The lowest BCUT2D eigenvalue weighted by molar-refractivity contribution is 0.482.